The summed E-state index contributed by atoms with van der Waals surface area (Å²) >= 11 is 1.44. The van der Waals surface area contributed by atoms with Crippen molar-refractivity contribution in [3.05, 3.63) is 54.9 Å². The smallest absolute Gasteiger partial charge is 0.397 e. The molecular formula is C21H17FN4O4S. The first-order valence-electron chi connectivity index (χ1n) is 9.27. The maximum atomic E-state index is 14.6. The standard InChI is InChI=1S/C21H17FN4O4S/c1-3-29-21(28)20(27)25-12-4-5-16(13(22)8-12)30-17-6-7-23-14-9-18(31-19(14)17)15-10-26(2)11-24-15/h4-11H,3H2,1-2H3,(H,25,27). The molecule has 0 saturated carbocycles. The van der Waals surface area contributed by atoms with Crippen LogP contribution in [0.5, 0.6) is 11.5 Å². The average molecular weight is 440 g/mol. The Morgan fingerprint density at radius 2 is 2.03 bits per heavy atom. The molecule has 0 unspecified atom stereocenters. The molecule has 1 aromatic carbocycles. The predicted molar refractivity (Wildman–Crippen MR) is 114 cm³/mol. The second kappa shape index (κ2) is 8.52. The number of thiophene rings is 1. The number of hydrogen-bond donors (Lipinski definition) is 1. The number of benzene rings is 1. The monoisotopic (exact) mass is 440 g/mol. The Kier molecular flexibility index (Phi) is 5.63. The van der Waals surface area contributed by atoms with Gasteiger partial charge in [-0.2, -0.15) is 0 Å². The lowest BCUT2D eigenvalue weighted by atomic mass is 10.2. The number of amides is 1. The van der Waals surface area contributed by atoms with Crippen LogP contribution in [0.25, 0.3) is 20.8 Å². The number of aryl methyl sites for hydroxylation is 1. The zero-order valence-corrected chi connectivity index (χ0v) is 17.4. The first-order valence-corrected chi connectivity index (χ1v) is 10.1. The molecule has 0 aliphatic carbocycles. The molecule has 31 heavy (non-hydrogen) atoms. The van der Waals surface area contributed by atoms with Crippen molar-refractivity contribution in [3.63, 3.8) is 0 Å². The minimum absolute atomic E-state index is 0.0329. The Labute approximate surface area is 180 Å². The molecule has 8 nitrogen and oxygen atoms in total. The molecule has 4 rings (SSSR count). The third kappa shape index (κ3) is 4.38. The first kappa shape index (κ1) is 20.5. The molecule has 0 aliphatic heterocycles. The van der Waals surface area contributed by atoms with Gasteiger partial charge in [0.1, 0.15) is 5.75 Å². The molecule has 10 heteroatoms. The largest absolute Gasteiger partial charge is 0.459 e. The number of esters is 1. The summed E-state index contributed by atoms with van der Waals surface area (Å²) in [6, 6.07) is 7.42. The van der Waals surface area contributed by atoms with Gasteiger partial charge in [-0.15, -0.1) is 11.3 Å². The summed E-state index contributed by atoms with van der Waals surface area (Å²) in [4.78, 5) is 32.7. The summed E-state index contributed by atoms with van der Waals surface area (Å²) in [5, 5.41) is 2.29. The predicted octanol–water partition coefficient (Wildman–Crippen LogP) is 4.13. The van der Waals surface area contributed by atoms with Crippen molar-refractivity contribution in [1.82, 2.24) is 14.5 Å². The van der Waals surface area contributed by atoms with E-state index in [1.165, 1.54) is 23.5 Å². The lowest BCUT2D eigenvalue weighted by Gasteiger charge is -2.09. The number of carbonyl (C=O) groups excluding carboxylic acids is 2. The van der Waals surface area contributed by atoms with Crippen molar-refractivity contribution >= 4 is 39.1 Å². The third-order valence-corrected chi connectivity index (χ3v) is 5.36. The summed E-state index contributed by atoms with van der Waals surface area (Å²) in [7, 11) is 1.89. The number of hydrogen-bond acceptors (Lipinski definition) is 7. The second-order valence-corrected chi connectivity index (χ2v) is 7.53. The minimum Gasteiger partial charge on any atom is -0.459 e. The minimum atomic E-state index is -1.04. The number of nitrogens with one attached hydrogen (secondary N) is 1. The van der Waals surface area contributed by atoms with E-state index in [-0.39, 0.29) is 18.0 Å². The number of aromatic nitrogens is 3. The van der Waals surface area contributed by atoms with Crippen LogP contribution in [-0.4, -0.2) is 33.0 Å². The van der Waals surface area contributed by atoms with E-state index in [0.29, 0.717) is 11.3 Å². The van der Waals surface area contributed by atoms with Crippen LogP contribution in [0.3, 0.4) is 0 Å². The molecule has 3 aromatic heterocycles. The maximum absolute atomic E-state index is 14.6. The Morgan fingerprint density at radius 1 is 1.19 bits per heavy atom. The highest BCUT2D eigenvalue weighted by molar-refractivity contribution is 7.22. The Hall–Kier alpha value is -3.79. The third-order valence-electron chi connectivity index (χ3n) is 4.20. The number of anilines is 1. The number of fused-ring (bicyclic) bond motifs is 1. The quantitative estimate of drug-likeness (QED) is 0.370. The zero-order valence-electron chi connectivity index (χ0n) is 16.6. The van der Waals surface area contributed by atoms with Gasteiger partial charge in [-0.1, -0.05) is 0 Å². The van der Waals surface area contributed by atoms with Crippen LogP contribution in [0.2, 0.25) is 0 Å². The van der Waals surface area contributed by atoms with E-state index in [1.54, 1.807) is 25.5 Å². The zero-order chi connectivity index (χ0) is 22.0. The maximum Gasteiger partial charge on any atom is 0.397 e. The Morgan fingerprint density at radius 3 is 2.74 bits per heavy atom. The molecule has 0 bridgehead atoms. The number of imidazole rings is 1. The highest BCUT2D eigenvalue weighted by atomic mass is 32.1. The number of ether oxygens (including phenoxy) is 2. The molecule has 3 heterocycles. The lowest BCUT2D eigenvalue weighted by Crippen LogP contribution is -2.25. The van der Waals surface area contributed by atoms with Gasteiger partial charge in [0.15, 0.2) is 11.6 Å². The van der Waals surface area contributed by atoms with Gasteiger partial charge in [0.25, 0.3) is 0 Å². The van der Waals surface area contributed by atoms with Crippen molar-refractivity contribution in [2.24, 2.45) is 7.05 Å². The number of nitrogens with zero attached hydrogens (tertiary/aromatic N) is 3. The molecule has 0 saturated heterocycles. The summed E-state index contributed by atoms with van der Waals surface area (Å²) in [5.41, 5.74) is 1.63. The van der Waals surface area contributed by atoms with E-state index >= 15 is 0 Å². The van der Waals surface area contributed by atoms with E-state index in [0.717, 1.165) is 21.3 Å². The summed E-state index contributed by atoms with van der Waals surface area (Å²) in [6.07, 6.45) is 5.19. The summed E-state index contributed by atoms with van der Waals surface area (Å²) < 4.78 is 27.6. The second-order valence-electron chi connectivity index (χ2n) is 6.48. The van der Waals surface area contributed by atoms with Gasteiger partial charge in [-0.25, -0.2) is 14.2 Å². The Balaban J connectivity index is 1.57. The molecule has 0 radical (unpaired) electrons. The lowest BCUT2D eigenvalue weighted by molar-refractivity contribution is -0.152. The summed E-state index contributed by atoms with van der Waals surface area (Å²) in [5.74, 6) is -2.31. The van der Waals surface area contributed by atoms with Gasteiger partial charge in [0.2, 0.25) is 0 Å². The fraction of sp³-hybridized carbons (Fsp3) is 0.143. The van der Waals surface area contributed by atoms with Crippen LogP contribution >= 0.6 is 11.3 Å². The van der Waals surface area contributed by atoms with E-state index in [4.69, 9.17) is 4.74 Å². The highest BCUT2D eigenvalue weighted by Gasteiger charge is 2.17. The summed E-state index contributed by atoms with van der Waals surface area (Å²) in [6.45, 7) is 1.65. The average Bonchev–Trinajstić information content (AvgIpc) is 3.36. The molecular weight excluding hydrogens is 423 g/mol. The molecule has 0 atom stereocenters. The van der Waals surface area contributed by atoms with Crippen molar-refractivity contribution in [1.29, 1.82) is 0 Å². The van der Waals surface area contributed by atoms with E-state index in [2.05, 4.69) is 20.0 Å². The molecule has 1 amide bonds. The number of carbonyl (C=O) groups is 2. The van der Waals surface area contributed by atoms with E-state index in [9.17, 15) is 14.0 Å². The van der Waals surface area contributed by atoms with Gasteiger partial charge < -0.3 is 19.4 Å². The fourth-order valence-electron chi connectivity index (χ4n) is 2.82. The SMILES string of the molecule is CCOC(=O)C(=O)Nc1ccc(Oc2ccnc3cc(-c4cn(C)cn4)sc23)c(F)c1. The van der Waals surface area contributed by atoms with Gasteiger partial charge in [-0.3, -0.25) is 9.78 Å². The number of rotatable bonds is 5. The van der Waals surface area contributed by atoms with Crippen molar-refractivity contribution in [2.75, 3.05) is 11.9 Å². The fourth-order valence-corrected chi connectivity index (χ4v) is 3.85. The van der Waals surface area contributed by atoms with Crippen molar-refractivity contribution in [2.45, 2.75) is 6.92 Å². The van der Waals surface area contributed by atoms with Crippen LogP contribution in [0.1, 0.15) is 6.92 Å². The van der Waals surface area contributed by atoms with Gasteiger partial charge in [-0.05, 0) is 25.1 Å². The van der Waals surface area contributed by atoms with Crippen LogP contribution < -0.4 is 10.1 Å². The normalized spacial score (nSPS) is 10.8. The van der Waals surface area contributed by atoms with Crippen LogP contribution in [0.4, 0.5) is 10.1 Å². The molecule has 158 valence electrons. The molecule has 0 spiro atoms. The first-order chi connectivity index (χ1) is 14.9. The van der Waals surface area contributed by atoms with Gasteiger partial charge in [0, 0.05) is 37.3 Å². The van der Waals surface area contributed by atoms with Crippen LogP contribution in [-0.2, 0) is 21.4 Å². The molecule has 1 N–H and O–H groups in total. The van der Waals surface area contributed by atoms with Crippen LogP contribution in [0, 0.1) is 5.82 Å². The van der Waals surface area contributed by atoms with Crippen molar-refractivity contribution in [3.8, 4) is 22.1 Å². The topological polar surface area (TPSA) is 95.3 Å². The Bertz CT molecular complexity index is 1280. The van der Waals surface area contributed by atoms with E-state index < -0.39 is 17.7 Å². The highest BCUT2D eigenvalue weighted by Crippen LogP contribution is 2.39. The number of pyridine rings is 1. The molecule has 0 fully saturated rings. The van der Waals surface area contributed by atoms with Crippen molar-refractivity contribution < 1.29 is 23.5 Å². The van der Waals surface area contributed by atoms with Gasteiger partial charge >= 0.3 is 11.9 Å². The number of halogens is 1. The molecule has 0 aliphatic rings. The van der Waals surface area contributed by atoms with Gasteiger partial charge in [0.05, 0.1) is 33.7 Å². The van der Waals surface area contributed by atoms with E-state index in [1.807, 2.05) is 23.9 Å². The molecule has 4 aromatic rings. The van der Waals surface area contributed by atoms with Crippen LogP contribution in [0.15, 0.2) is 49.1 Å².